The second-order valence-electron chi connectivity index (χ2n) is 4.76. The van der Waals surface area contributed by atoms with Gasteiger partial charge in [-0.15, -0.1) is 0 Å². The van der Waals surface area contributed by atoms with E-state index >= 15 is 0 Å². The number of ether oxygens (including phenoxy) is 1. The normalized spacial score (nSPS) is 16.0. The quantitative estimate of drug-likeness (QED) is 0.766. The fourth-order valence-corrected chi connectivity index (χ4v) is 2.53. The monoisotopic (exact) mass is 303 g/mol. The molecule has 0 spiro atoms. The number of Topliss-reactive ketones (excluding diaryl/α,β-unsaturated/α-hetero) is 1. The lowest BCUT2D eigenvalue weighted by Crippen LogP contribution is -2.23. The minimum Gasteiger partial charge on any atom is -0.495 e. The summed E-state index contributed by atoms with van der Waals surface area (Å²) < 4.78 is 6.74. The number of carbonyl (C=O) groups is 2. The molecule has 0 saturated heterocycles. The Labute approximate surface area is 124 Å². The molecule has 114 valence electrons. The summed E-state index contributed by atoms with van der Waals surface area (Å²) in [6.45, 7) is 1.93. The van der Waals surface area contributed by atoms with Gasteiger partial charge in [-0.1, -0.05) is 0 Å². The number of nitrogens with one attached hydrogen (secondary N) is 1. The number of nitrogens with zero attached hydrogens (tertiary/aromatic N) is 4. The molecule has 1 atom stereocenters. The van der Waals surface area contributed by atoms with Gasteiger partial charge in [-0.25, -0.2) is 14.8 Å². The summed E-state index contributed by atoms with van der Waals surface area (Å²) in [5, 5.41) is 16.1. The van der Waals surface area contributed by atoms with Crippen molar-refractivity contribution in [1.29, 1.82) is 0 Å². The Bertz CT molecular complexity index is 770. The highest BCUT2D eigenvalue weighted by molar-refractivity contribution is 6.35. The molecule has 22 heavy (non-hydrogen) atoms. The smallest absolute Gasteiger partial charge is 0.372 e. The van der Waals surface area contributed by atoms with E-state index in [1.807, 2.05) is 0 Å². The van der Waals surface area contributed by atoms with Crippen molar-refractivity contribution in [3.63, 3.8) is 0 Å². The number of hydrogen-bond acceptors (Lipinski definition) is 7. The zero-order valence-electron chi connectivity index (χ0n) is 11.9. The van der Waals surface area contributed by atoms with Crippen molar-refractivity contribution in [2.75, 3.05) is 19.0 Å². The van der Waals surface area contributed by atoms with Crippen molar-refractivity contribution in [2.24, 2.45) is 0 Å². The van der Waals surface area contributed by atoms with Crippen LogP contribution in [0.25, 0.3) is 5.82 Å². The molecule has 1 unspecified atom stereocenters. The molecular weight excluding hydrogens is 290 g/mol. The van der Waals surface area contributed by atoms with E-state index in [9.17, 15) is 9.59 Å². The molecule has 2 aromatic rings. The molecule has 3 heterocycles. The van der Waals surface area contributed by atoms with Crippen molar-refractivity contribution in [3.8, 4) is 11.6 Å². The number of aromatic nitrogens is 4. The van der Waals surface area contributed by atoms with Crippen LogP contribution in [0, 0.1) is 6.92 Å². The molecule has 2 aromatic heterocycles. The standard InChI is InChI=1S/C13H13N5O4/c1-6-16-5-17-18(6)12-10-9(8(22-2)4-15-12)7(3-14-10)11(19)13(20)21/h4-5,7,14H,3H2,1-2H3,(H,20,21). The van der Waals surface area contributed by atoms with Gasteiger partial charge in [0.15, 0.2) is 5.82 Å². The van der Waals surface area contributed by atoms with Gasteiger partial charge in [0.1, 0.15) is 17.9 Å². The van der Waals surface area contributed by atoms with E-state index in [1.54, 1.807) is 6.92 Å². The highest BCUT2D eigenvalue weighted by atomic mass is 16.5. The summed E-state index contributed by atoms with van der Waals surface area (Å²) in [4.78, 5) is 31.2. The maximum atomic E-state index is 11.9. The number of ketones is 1. The van der Waals surface area contributed by atoms with Gasteiger partial charge in [-0.05, 0) is 6.92 Å². The van der Waals surface area contributed by atoms with Gasteiger partial charge in [-0.3, -0.25) is 4.79 Å². The molecule has 0 saturated carbocycles. The predicted molar refractivity (Wildman–Crippen MR) is 74.3 cm³/mol. The van der Waals surface area contributed by atoms with Crippen LogP contribution in [-0.2, 0) is 9.59 Å². The van der Waals surface area contributed by atoms with Crippen molar-refractivity contribution in [3.05, 3.63) is 23.9 Å². The number of carboxylic acids is 1. The van der Waals surface area contributed by atoms with Gasteiger partial charge < -0.3 is 15.2 Å². The van der Waals surface area contributed by atoms with E-state index in [0.717, 1.165) is 0 Å². The van der Waals surface area contributed by atoms with Crippen molar-refractivity contribution in [1.82, 2.24) is 19.7 Å². The number of rotatable bonds is 4. The Morgan fingerprint density at radius 1 is 1.45 bits per heavy atom. The van der Waals surface area contributed by atoms with Gasteiger partial charge in [-0.2, -0.15) is 9.78 Å². The molecule has 0 fully saturated rings. The van der Waals surface area contributed by atoms with E-state index < -0.39 is 17.7 Å². The fourth-order valence-electron chi connectivity index (χ4n) is 2.53. The Balaban J connectivity index is 2.18. The van der Waals surface area contributed by atoms with Crippen LogP contribution >= 0.6 is 0 Å². The summed E-state index contributed by atoms with van der Waals surface area (Å²) in [7, 11) is 1.44. The Kier molecular flexibility index (Phi) is 3.24. The van der Waals surface area contributed by atoms with Crippen molar-refractivity contribution in [2.45, 2.75) is 12.8 Å². The van der Waals surface area contributed by atoms with E-state index in [-0.39, 0.29) is 6.54 Å². The van der Waals surface area contributed by atoms with Gasteiger partial charge in [0, 0.05) is 12.1 Å². The number of carboxylic acid groups (broad SMARTS) is 1. The summed E-state index contributed by atoms with van der Waals surface area (Å²) >= 11 is 0. The Morgan fingerprint density at radius 2 is 2.23 bits per heavy atom. The molecule has 0 amide bonds. The SMILES string of the molecule is COc1cnc(-n2ncnc2C)c2c1C(C(=O)C(=O)O)CN2. The Morgan fingerprint density at radius 3 is 2.82 bits per heavy atom. The molecule has 1 aliphatic heterocycles. The van der Waals surface area contributed by atoms with Crippen molar-refractivity contribution >= 4 is 17.4 Å². The zero-order valence-corrected chi connectivity index (χ0v) is 11.9. The summed E-state index contributed by atoms with van der Waals surface area (Å²) in [6, 6.07) is 0. The average molecular weight is 303 g/mol. The third kappa shape index (κ3) is 1.98. The summed E-state index contributed by atoms with van der Waals surface area (Å²) in [5.41, 5.74) is 1.02. The third-order valence-electron chi connectivity index (χ3n) is 3.56. The molecule has 0 bridgehead atoms. The van der Waals surface area contributed by atoms with Gasteiger partial charge >= 0.3 is 5.97 Å². The molecule has 9 heteroatoms. The van der Waals surface area contributed by atoms with Crippen molar-refractivity contribution < 1.29 is 19.4 Å². The molecule has 0 aromatic carbocycles. The average Bonchev–Trinajstić information content (AvgIpc) is 3.12. The van der Waals surface area contributed by atoms with Gasteiger partial charge in [0.2, 0.25) is 5.78 Å². The van der Waals surface area contributed by atoms with E-state index in [1.165, 1.54) is 24.3 Å². The second kappa shape index (κ2) is 5.10. The van der Waals surface area contributed by atoms with Crippen LogP contribution in [-0.4, -0.2) is 50.3 Å². The first-order valence-electron chi connectivity index (χ1n) is 6.49. The van der Waals surface area contributed by atoms with Crippen LogP contribution in [0.3, 0.4) is 0 Å². The summed E-state index contributed by atoms with van der Waals surface area (Å²) in [5.74, 6) is -1.76. The highest BCUT2D eigenvalue weighted by Gasteiger charge is 2.37. The number of fused-ring (bicyclic) bond motifs is 1. The number of carbonyl (C=O) groups excluding carboxylic acids is 1. The number of anilines is 1. The first-order valence-corrected chi connectivity index (χ1v) is 6.49. The topological polar surface area (TPSA) is 119 Å². The molecular formula is C13H13N5O4. The number of aliphatic carboxylic acids is 1. The Hall–Kier alpha value is -2.97. The fraction of sp³-hybridized carbons (Fsp3) is 0.308. The minimum atomic E-state index is -1.47. The molecule has 2 N–H and O–H groups in total. The molecule has 9 nitrogen and oxygen atoms in total. The zero-order chi connectivity index (χ0) is 15.9. The first-order chi connectivity index (χ1) is 10.5. The minimum absolute atomic E-state index is 0.170. The molecule has 1 aliphatic rings. The number of hydrogen-bond donors (Lipinski definition) is 2. The number of aryl methyl sites for hydroxylation is 1. The molecule has 0 aliphatic carbocycles. The maximum absolute atomic E-state index is 11.9. The number of methoxy groups -OCH3 is 1. The van der Waals surface area contributed by atoms with Crippen LogP contribution in [0.1, 0.15) is 17.3 Å². The van der Waals surface area contributed by atoms with Crippen LogP contribution in [0.15, 0.2) is 12.5 Å². The lowest BCUT2D eigenvalue weighted by Gasteiger charge is -2.13. The van der Waals surface area contributed by atoms with E-state index in [0.29, 0.717) is 28.6 Å². The van der Waals surface area contributed by atoms with Gasteiger partial charge in [0.25, 0.3) is 0 Å². The van der Waals surface area contributed by atoms with Crippen LogP contribution in [0.4, 0.5) is 5.69 Å². The first kappa shape index (κ1) is 14.0. The predicted octanol–water partition coefficient (Wildman–Crippen LogP) is 0.142. The van der Waals surface area contributed by atoms with E-state index in [4.69, 9.17) is 9.84 Å². The number of pyridine rings is 1. The second-order valence-corrected chi connectivity index (χ2v) is 4.76. The van der Waals surface area contributed by atoms with E-state index in [2.05, 4.69) is 20.4 Å². The third-order valence-corrected chi connectivity index (χ3v) is 3.56. The van der Waals surface area contributed by atoms with Crippen LogP contribution < -0.4 is 10.1 Å². The molecule has 3 rings (SSSR count). The lowest BCUT2D eigenvalue weighted by molar-refractivity contribution is -0.149. The summed E-state index contributed by atoms with van der Waals surface area (Å²) in [6.07, 6.45) is 2.84. The van der Waals surface area contributed by atoms with Gasteiger partial charge in [0.05, 0.1) is 24.9 Å². The van der Waals surface area contributed by atoms with Crippen LogP contribution in [0.5, 0.6) is 5.75 Å². The lowest BCUT2D eigenvalue weighted by atomic mass is 9.96. The largest absolute Gasteiger partial charge is 0.495 e. The van der Waals surface area contributed by atoms with Crippen LogP contribution in [0.2, 0.25) is 0 Å². The molecule has 0 radical (unpaired) electrons. The maximum Gasteiger partial charge on any atom is 0.372 e. The highest BCUT2D eigenvalue weighted by Crippen LogP contribution is 2.41.